The molecule has 6 heteroatoms. The molecule has 94 valence electrons. The quantitative estimate of drug-likeness (QED) is 0.572. The molecule has 0 amide bonds. The lowest BCUT2D eigenvalue weighted by Gasteiger charge is -2.20. The van der Waals surface area contributed by atoms with Gasteiger partial charge in [0.1, 0.15) is 9.84 Å². The molecule has 1 aliphatic rings. The van der Waals surface area contributed by atoms with Crippen molar-refractivity contribution in [2.24, 2.45) is 10.7 Å². The van der Waals surface area contributed by atoms with E-state index in [1.54, 1.807) is 0 Å². The number of nitrogens with two attached hydrogens (primary N) is 1. The highest BCUT2D eigenvalue weighted by molar-refractivity contribution is 7.90. The second-order valence-corrected chi connectivity index (χ2v) is 6.53. The summed E-state index contributed by atoms with van der Waals surface area (Å²) in [5, 5.41) is 0. The van der Waals surface area contributed by atoms with Crippen molar-refractivity contribution >= 4 is 15.8 Å². The topological polar surface area (TPSA) is 75.8 Å². The van der Waals surface area contributed by atoms with Crippen molar-refractivity contribution in [3.8, 4) is 0 Å². The fraction of sp³-hybridized carbons (Fsp3) is 0.900. The van der Waals surface area contributed by atoms with E-state index in [0.29, 0.717) is 5.96 Å². The van der Waals surface area contributed by atoms with Crippen molar-refractivity contribution in [3.63, 3.8) is 0 Å². The minimum atomic E-state index is -2.94. The Balaban J connectivity index is 2.42. The summed E-state index contributed by atoms with van der Waals surface area (Å²) in [7, 11) is -2.94. The van der Waals surface area contributed by atoms with E-state index < -0.39 is 9.84 Å². The second kappa shape index (κ2) is 6.08. The highest BCUT2D eigenvalue weighted by Gasteiger charge is 2.10. The Labute approximate surface area is 97.6 Å². The first kappa shape index (κ1) is 13.3. The van der Waals surface area contributed by atoms with Crippen LogP contribution in [0.25, 0.3) is 0 Å². The van der Waals surface area contributed by atoms with Crippen molar-refractivity contribution in [2.75, 3.05) is 31.6 Å². The molecule has 1 fully saturated rings. The van der Waals surface area contributed by atoms with Gasteiger partial charge in [-0.25, -0.2) is 8.42 Å². The Hall–Kier alpha value is -0.780. The van der Waals surface area contributed by atoms with Crippen LogP contribution in [0, 0.1) is 0 Å². The van der Waals surface area contributed by atoms with Crippen molar-refractivity contribution in [1.82, 2.24) is 4.90 Å². The Morgan fingerprint density at radius 3 is 2.31 bits per heavy atom. The van der Waals surface area contributed by atoms with Gasteiger partial charge < -0.3 is 10.6 Å². The molecule has 2 N–H and O–H groups in total. The number of hydrogen-bond acceptors (Lipinski definition) is 3. The Morgan fingerprint density at radius 2 is 1.81 bits per heavy atom. The minimum absolute atomic E-state index is 0.0710. The lowest BCUT2D eigenvalue weighted by Crippen LogP contribution is -2.38. The summed E-state index contributed by atoms with van der Waals surface area (Å²) in [5.41, 5.74) is 5.83. The zero-order valence-corrected chi connectivity index (χ0v) is 10.7. The molecule has 0 aromatic rings. The largest absolute Gasteiger partial charge is 0.370 e. The molecule has 0 saturated carbocycles. The van der Waals surface area contributed by atoms with E-state index in [1.807, 2.05) is 0 Å². The van der Waals surface area contributed by atoms with Crippen molar-refractivity contribution < 1.29 is 8.42 Å². The van der Waals surface area contributed by atoms with E-state index in [4.69, 9.17) is 5.73 Å². The Bertz CT molecular complexity index is 330. The third kappa shape index (κ3) is 5.34. The minimum Gasteiger partial charge on any atom is -0.370 e. The molecule has 1 rings (SSSR count). The molecule has 0 radical (unpaired) electrons. The lowest BCUT2D eigenvalue weighted by molar-refractivity contribution is 0.429. The predicted molar refractivity (Wildman–Crippen MR) is 66.2 cm³/mol. The van der Waals surface area contributed by atoms with E-state index in [-0.39, 0.29) is 12.3 Å². The zero-order chi connectivity index (χ0) is 12.0. The second-order valence-electron chi connectivity index (χ2n) is 4.27. The van der Waals surface area contributed by atoms with Crippen LogP contribution in [0.4, 0.5) is 0 Å². The molecule has 1 saturated heterocycles. The number of likely N-dealkylation sites (tertiary alicyclic amines) is 1. The molecule has 0 spiro atoms. The van der Waals surface area contributed by atoms with E-state index in [1.165, 1.54) is 19.1 Å². The summed E-state index contributed by atoms with van der Waals surface area (Å²) in [5.74, 6) is 0.562. The van der Waals surface area contributed by atoms with Gasteiger partial charge in [0.2, 0.25) is 0 Å². The normalized spacial score (nSPS) is 19.6. The zero-order valence-electron chi connectivity index (χ0n) is 9.85. The number of hydrogen-bond donors (Lipinski definition) is 1. The van der Waals surface area contributed by atoms with E-state index in [0.717, 1.165) is 25.9 Å². The molecular weight excluding hydrogens is 226 g/mol. The van der Waals surface area contributed by atoms with Gasteiger partial charge in [-0.15, -0.1) is 0 Å². The van der Waals surface area contributed by atoms with Gasteiger partial charge in [-0.1, -0.05) is 12.8 Å². The van der Waals surface area contributed by atoms with Gasteiger partial charge in [0.25, 0.3) is 0 Å². The maximum Gasteiger partial charge on any atom is 0.191 e. The van der Waals surface area contributed by atoms with E-state index in [2.05, 4.69) is 9.89 Å². The van der Waals surface area contributed by atoms with Crippen LogP contribution in [-0.4, -0.2) is 50.9 Å². The van der Waals surface area contributed by atoms with Crippen molar-refractivity contribution in [1.29, 1.82) is 0 Å². The number of nitrogens with zero attached hydrogens (tertiary/aromatic N) is 2. The summed E-state index contributed by atoms with van der Waals surface area (Å²) in [4.78, 5) is 6.17. The molecule has 0 bridgehead atoms. The van der Waals surface area contributed by atoms with Crippen molar-refractivity contribution in [3.05, 3.63) is 0 Å². The van der Waals surface area contributed by atoms with Crippen LogP contribution in [-0.2, 0) is 9.84 Å². The van der Waals surface area contributed by atoms with Crippen LogP contribution in [0.3, 0.4) is 0 Å². The van der Waals surface area contributed by atoms with Crippen LogP contribution in [0.15, 0.2) is 4.99 Å². The standard InChI is InChI=1S/C10H21N3O2S/c1-16(14,15)9-6-12-10(11)13-7-4-2-3-5-8-13/h2-9H2,1H3,(H2,11,12). The number of aliphatic imine (C=N–C) groups is 1. The third-order valence-electron chi connectivity index (χ3n) is 2.67. The Kier molecular flexibility index (Phi) is 5.05. The molecule has 1 heterocycles. The first-order valence-corrected chi connectivity index (χ1v) is 7.78. The first-order valence-electron chi connectivity index (χ1n) is 5.71. The van der Waals surface area contributed by atoms with Gasteiger partial charge in [-0.3, -0.25) is 4.99 Å². The molecule has 0 atom stereocenters. The van der Waals surface area contributed by atoms with Gasteiger partial charge in [-0.05, 0) is 12.8 Å². The van der Waals surface area contributed by atoms with E-state index >= 15 is 0 Å². The van der Waals surface area contributed by atoms with Crippen molar-refractivity contribution in [2.45, 2.75) is 25.7 Å². The lowest BCUT2D eigenvalue weighted by atomic mass is 10.2. The fourth-order valence-electron chi connectivity index (χ4n) is 1.73. The summed E-state index contributed by atoms with van der Waals surface area (Å²) in [6, 6.07) is 0. The monoisotopic (exact) mass is 247 g/mol. The third-order valence-corrected chi connectivity index (χ3v) is 3.59. The molecule has 0 unspecified atom stereocenters. The maximum atomic E-state index is 10.9. The highest BCUT2D eigenvalue weighted by atomic mass is 32.2. The van der Waals surface area contributed by atoms with Crippen LogP contribution in [0.2, 0.25) is 0 Å². The van der Waals surface area contributed by atoms with Gasteiger partial charge in [0.05, 0.1) is 12.3 Å². The molecule has 5 nitrogen and oxygen atoms in total. The molecule has 0 aromatic carbocycles. The smallest absolute Gasteiger partial charge is 0.191 e. The predicted octanol–water partition coefficient (Wildman–Crippen LogP) is 0.222. The maximum absolute atomic E-state index is 10.9. The average Bonchev–Trinajstić information content (AvgIpc) is 2.43. The van der Waals surface area contributed by atoms with Crippen LogP contribution < -0.4 is 5.73 Å². The van der Waals surface area contributed by atoms with Crippen LogP contribution in [0.5, 0.6) is 0 Å². The Morgan fingerprint density at radius 1 is 1.25 bits per heavy atom. The van der Waals surface area contributed by atoms with E-state index in [9.17, 15) is 8.42 Å². The number of rotatable bonds is 3. The summed E-state index contributed by atoms with van der Waals surface area (Å²) >= 11 is 0. The highest BCUT2D eigenvalue weighted by Crippen LogP contribution is 2.08. The molecule has 16 heavy (non-hydrogen) atoms. The van der Waals surface area contributed by atoms with Gasteiger partial charge in [0.15, 0.2) is 5.96 Å². The number of guanidine groups is 1. The van der Waals surface area contributed by atoms with Gasteiger partial charge in [0, 0.05) is 19.3 Å². The number of sulfone groups is 1. The van der Waals surface area contributed by atoms with Crippen LogP contribution in [0.1, 0.15) is 25.7 Å². The van der Waals surface area contributed by atoms with Gasteiger partial charge >= 0.3 is 0 Å². The fourth-order valence-corrected chi connectivity index (χ4v) is 2.15. The summed E-state index contributed by atoms with van der Waals surface area (Å²) < 4.78 is 21.8. The molecule has 1 aliphatic heterocycles. The summed E-state index contributed by atoms with van der Waals surface area (Å²) in [6.45, 7) is 2.14. The summed E-state index contributed by atoms with van der Waals surface area (Å²) in [6.07, 6.45) is 5.98. The molecular formula is C10H21N3O2S. The molecule has 0 aliphatic carbocycles. The van der Waals surface area contributed by atoms with Gasteiger partial charge in [-0.2, -0.15) is 0 Å². The molecule has 0 aromatic heterocycles. The average molecular weight is 247 g/mol. The SMILES string of the molecule is CS(=O)(=O)CCN=C(N)N1CCCCCC1. The first-order chi connectivity index (χ1) is 7.49. The van der Waals surface area contributed by atoms with Crippen LogP contribution >= 0.6 is 0 Å².